The fourth-order valence-corrected chi connectivity index (χ4v) is 7.18. The second kappa shape index (κ2) is 14.5. The molecule has 1 fully saturated rings. The maximum absolute atomic E-state index is 14.1. The predicted molar refractivity (Wildman–Crippen MR) is 158 cm³/mol. The average molecular weight is 549 g/mol. The van der Waals surface area contributed by atoms with Crippen molar-refractivity contribution < 1.29 is 18.4 Å². The van der Waals surface area contributed by atoms with E-state index in [1.54, 1.807) is 0 Å². The molecule has 7 heteroatoms. The predicted octanol–water partition coefficient (Wildman–Crippen LogP) is 8.63. The summed E-state index contributed by atoms with van der Waals surface area (Å²) in [6.07, 6.45) is 5.16. The third kappa shape index (κ3) is 7.39. The zero-order valence-electron chi connectivity index (χ0n) is 23.2. The number of hydrogen-bond acceptors (Lipinski definition) is 4. The van der Waals surface area contributed by atoms with Crippen molar-refractivity contribution in [3.63, 3.8) is 0 Å². The Morgan fingerprint density at radius 2 is 1.15 bits per heavy atom. The standard InChI is InChI=1S/C32H41N2O4P/c1-3-37-39(36,38-4-2)26-18-7-5-6-17-25-33-30(27-19-11-8-12-20-27)31(28-21-13-9-14-22-28)34(32(33)35)29-23-15-10-16-24-29/h8-16,19-24,30-31H,3-7,17-18,25-26H2,1-2H3. The van der Waals surface area contributed by atoms with Gasteiger partial charge in [-0.2, -0.15) is 0 Å². The SMILES string of the molecule is CCOP(=O)(CCCCCCCN1C(=O)N(c2ccccc2)C(c2ccccc2)C1c1ccccc1)OCC. The Hall–Kier alpha value is -2.92. The molecule has 1 heterocycles. The molecule has 1 aliphatic heterocycles. The fourth-order valence-electron chi connectivity index (χ4n) is 5.45. The Kier molecular flexibility index (Phi) is 10.8. The summed E-state index contributed by atoms with van der Waals surface area (Å²) in [6.45, 7) is 5.16. The van der Waals surface area contributed by atoms with Crippen LogP contribution in [-0.4, -0.2) is 36.9 Å². The highest BCUT2D eigenvalue weighted by Gasteiger charge is 2.47. The molecule has 0 N–H and O–H groups in total. The zero-order valence-corrected chi connectivity index (χ0v) is 24.0. The summed E-state index contributed by atoms with van der Waals surface area (Å²) < 4.78 is 23.5. The van der Waals surface area contributed by atoms with Crippen LogP contribution in [0.5, 0.6) is 0 Å². The number of hydrogen-bond donors (Lipinski definition) is 0. The molecule has 0 spiro atoms. The average Bonchev–Trinajstić information content (AvgIpc) is 3.26. The van der Waals surface area contributed by atoms with Gasteiger partial charge in [-0.15, -0.1) is 0 Å². The Morgan fingerprint density at radius 1 is 0.667 bits per heavy atom. The number of nitrogens with zero attached hydrogens (tertiary/aromatic N) is 2. The van der Waals surface area contributed by atoms with Crippen LogP contribution in [0.25, 0.3) is 0 Å². The van der Waals surface area contributed by atoms with Crippen LogP contribution in [0.2, 0.25) is 0 Å². The Bertz CT molecular complexity index is 1180. The van der Waals surface area contributed by atoms with Crippen molar-refractivity contribution in [1.82, 2.24) is 4.90 Å². The lowest BCUT2D eigenvalue weighted by Gasteiger charge is -2.29. The summed E-state index contributed by atoms with van der Waals surface area (Å²) in [5, 5.41) is 0. The van der Waals surface area contributed by atoms with Gasteiger partial charge in [0.05, 0.1) is 31.5 Å². The minimum atomic E-state index is -2.97. The molecule has 6 nitrogen and oxygen atoms in total. The summed E-state index contributed by atoms with van der Waals surface area (Å²) in [5.41, 5.74) is 3.17. The second-order valence-electron chi connectivity index (χ2n) is 9.83. The van der Waals surface area contributed by atoms with Gasteiger partial charge in [-0.25, -0.2) is 4.79 Å². The molecule has 2 atom stereocenters. The summed E-state index contributed by atoms with van der Waals surface area (Å²) in [7, 11) is -2.97. The number of anilines is 1. The largest absolute Gasteiger partial charge is 0.330 e. The maximum atomic E-state index is 14.1. The monoisotopic (exact) mass is 548 g/mol. The number of benzene rings is 3. The van der Waals surface area contributed by atoms with Gasteiger partial charge in [0.1, 0.15) is 0 Å². The van der Waals surface area contributed by atoms with Gasteiger partial charge in [-0.05, 0) is 49.9 Å². The highest BCUT2D eigenvalue weighted by atomic mass is 31.2. The topological polar surface area (TPSA) is 59.1 Å². The second-order valence-corrected chi connectivity index (χ2v) is 12.0. The summed E-state index contributed by atoms with van der Waals surface area (Å²) in [4.78, 5) is 18.1. The van der Waals surface area contributed by atoms with E-state index in [0.29, 0.717) is 25.9 Å². The van der Waals surface area contributed by atoms with Crippen molar-refractivity contribution >= 4 is 19.3 Å². The van der Waals surface area contributed by atoms with Gasteiger partial charge in [0, 0.05) is 12.2 Å². The molecule has 0 aromatic heterocycles. The molecule has 208 valence electrons. The Balaban J connectivity index is 1.47. The Morgan fingerprint density at radius 3 is 1.72 bits per heavy atom. The van der Waals surface area contributed by atoms with Gasteiger partial charge in [-0.3, -0.25) is 9.46 Å². The summed E-state index contributed by atoms with van der Waals surface area (Å²) in [6, 6.07) is 30.5. The number of rotatable bonds is 15. The van der Waals surface area contributed by atoms with Crippen molar-refractivity contribution in [1.29, 1.82) is 0 Å². The molecule has 3 aromatic rings. The van der Waals surface area contributed by atoms with Crippen molar-refractivity contribution in [3.8, 4) is 0 Å². The first-order valence-corrected chi connectivity index (χ1v) is 15.9. The molecule has 2 amide bonds. The quantitative estimate of drug-likeness (QED) is 0.141. The molecule has 39 heavy (non-hydrogen) atoms. The smallest absolute Gasteiger partial charge is 0.315 e. The number of amides is 2. The zero-order chi connectivity index (χ0) is 27.5. The first-order chi connectivity index (χ1) is 19.1. The van der Waals surface area contributed by atoms with Gasteiger partial charge < -0.3 is 13.9 Å². The van der Waals surface area contributed by atoms with E-state index in [9.17, 15) is 9.36 Å². The molecule has 0 aliphatic carbocycles. The van der Waals surface area contributed by atoms with E-state index in [2.05, 4.69) is 41.3 Å². The van der Waals surface area contributed by atoms with E-state index in [4.69, 9.17) is 9.05 Å². The van der Waals surface area contributed by atoms with Crippen molar-refractivity contribution in [2.24, 2.45) is 0 Å². The lowest BCUT2D eigenvalue weighted by molar-refractivity contribution is 0.201. The molecule has 1 saturated heterocycles. The van der Waals surface area contributed by atoms with Crippen LogP contribution < -0.4 is 4.90 Å². The van der Waals surface area contributed by atoms with Gasteiger partial charge in [-0.1, -0.05) is 98.1 Å². The minimum Gasteiger partial charge on any atom is -0.315 e. The van der Waals surface area contributed by atoms with Crippen LogP contribution in [-0.2, 0) is 13.6 Å². The molecule has 4 rings (SSSR count). The molecule has 0 radical (unpaired) electrons. The van der Waals surface area contributed by atoms with Crippen LogP contribution in [0.15, 0.2) is 91.0 Å². The third-order valence-corrected chi connectivity index (χ3v) is 9.33. The van der Waals surface area contributed by atoms with Gasteiger partial charge in [0.25, 0.3) is 0 Å². The van der Waals surface area contributed by atoms with Gasteiger partial charge >= 0.3 is 13.6 Å². The van der Waals surface area contributed by atoms with Crippen LogP contribution in [0.3, 0.4) is 0 Å². The number of unbranched alkanes of at least 4 members (excludes halogenated alkanes) is 4. The molecule has 0 saturated carbocycles. The fraction of sp³-hybridized carbons (Fsp3) is 0.406. The van der Waals surface area contributed by atoms with E-state index in [1.165, 1.54) is 0 Å². The van der Waals surface area contributed by atoms with Crippen LogP contribution in [0, 0.1) is 0 Å². The molecule has 0 bridgehead atoms. The first-order valence-electron chi connectivity index (χ1n) is 14.2. The van der Waals surface area contributed by atoms with E-state index < -0.39 is 7.60 Å². The van der Waals surface area contributed by atoms with Crippen molar-refractivity contribution in [2.75, 3.05) is 30.8 Å². The lowest BCUT2D eigenvalue weighted by atomic mass is 9.92. The van der Waals surface area contributed by atoms with E-state index >= 15 is 0 Å². The minimum absolute atomic E-state index is 0.0401. The van der Waals surface area contributed by atoms with Crippen molar-refractivity contribution in [2.45, 2.75) is 58.0 Å². The molecular weight excluding hydrogens is 507 g/mol. The van der Waals surface area contributed by atoms with Gasteiger partial charge in [0.15, 0.2) is 0 Å². The summed E-state index contributed by atoms with van der Waals surface area (Å²) >= 11 is 0. The first kappa shape index (κ1) is 29.1. The van der Waals surface area contributed by atoms with E-state index in [0.717, 1.165) is 48.9 Å². The van der Waals surface area contributed by atoms with Crippen LogP contribution in [0.4, 0.5) is 10.5 Å². The highest BCUT2D eigenvalue weighted by Crippen LogP contribution is 2.49. The maximum Gasteiger partial charge on any atom is 0.330 e. The Labute approximate surface area is 233 Å². The molecule has 1 aliphatic rings. The normalized spacial score (nSPS) is 17.6. The number of urea groups is 1. The van der Waals surface area contributed by atoms with E-state index in [1.807, 2.05) is 73.3 Å². The van der Waals surface area contributed by atoms with Gasteiger partial charge in [0.2, 0.25) is 0 Å². The third-order valence-electron chi connectivity index (χ3n) is 7.16. The molecule has 2 unspecified atom stereocenters. The van der Waals surface area contributed by atoms with Crippen LogP contribution in [0.1, 0.15) is 69.2 Å². The lowest BCUT2D eigenvalue weighted by Crippen LogP contribution is -2.33. The van der Waals surface area contributed by atoms with Crippen molar-refractivity contribution in [3.05, 3.63) is 102 Å². The number of carbonyl (C=O) groups is 1. The molecular formula is C32H41N2O4P. The molecule has 3 aromatic carbocycles. The number of para-hydroxylation sites is 1. The highest BCUT2D eigenvalue weighted by molar-refractivity contribution is 7.53. The van der Waals surface area contributed by atoms with E-state index in [-0.39, 0.29) is 18.1 Å². The number of carbonyl (C=O) groups excluding carboxylic acids is 1. The van der Waals surface area contributed by atoms with Crippen LogP contribution >= 0.6 is 7.60 Å². The summed E-state index contributed by atoms with van der Waals surface area (Å²) in [5.74, 6) is 0.